The van der Waals surface area contributed by atoms with Crippen LogP contribution in [0, 0.1) is 0 Å². The third kappa shape index (κ3) is 4.24. The lowest BCUT2D eigenvalue weighted by atomic mass is 10.1. The van der Waals surface area contributed by atoms with E-state index in [1.54, 1.807) is 0 Å². The van der Waals surface area contributed by atoms with Crippen molar-refractivity contribution in [3.8, 4) is 5.75 Å². The van der Waals surface area contributed by atoms with Crippen LogP contribution >= 0.6 is 0 Å². The summed E-state index contributed by atoms with van der Waals surface area (Å²) in [5.41, 5.74) is 3.76. The van der Waals surface area contributed by atoms with Crippen molar-refractivity contribution >= 4 is 21.4 Å². The van der Waals surface area contributed by atoms with Gasteiger partial charge in [0, 0.05) is 35.0 Å². The molecule has 1 aromatic carbocycles. The van der Waals surface area contributed by atoms with Gasteiger partial charge in [-0.3, -0.25) is 9.69 Å². The molecule has 1 fully saturated rings. The molecule has 1 unspecified atom stereocenters. The summed E-state index contributed by atoms with van der Waals surface area (Å²) in [6.45, 7) is -15.0. The molecule has 7 nitrogen and oxygen atoms in total. The summed E-state index contributed by atoms with van der Waals surface area (Å²) in [5.74, 6) is -3.37. The van der Waals surface area contributed by atoms with E-state index in [4.69, 9.17) is 32.4 Å². The second-order valence-corrected chi connectivity index (χ2v) is 6.76. The Labute approximate surface area is 171 Å². The molecule has 1 aliphatic heterocycles. The highest BCUT2D eigenvalue weighted by atomic mass is 32.2. The molecule has 140 valence electrons. The first-order valence-electron chi connectivity index (χ1n) is 14.8. The largest absolute Gasteiger partial charge is 0.496 e. The van der Waals surface area contributed by atoms with Crippen molar-refractivity contribution in [2.24, 2.45) is 0 Å². The number of rotatable bonds is 7. The molecule has 25 heavy (non-hydrogen) atoms. The number of anilines is 1. The number of nitrogens with two attached hydrogens (primary N) is 1. The monoisotopic (exact) mass is 385 g/mol. The van der Waals surface area contributed by atoms with Gasteiger partial charge in [0.05, 0.1) is 34.5 Å². The van der Waals surface area contributed by atoms with Gasteiger partial charge in [-0.15, -0.1) is 0 Å². The number of nitrogens with one attached hydrogen (secondary N) is 1. The Hall–Kier alpha value is -1.80. The minimum Gasteiger partial charge on any atom is -0.496 e. The predicted octanol–water partition coefficient (Wildman–Crippen LogP) is 1.29. The van der Waals surface area contributed by atoms with Crippen LogP contribution in [0.25, 0.3) is 0 Å². The van der Waals surface area contributed by atoms with Gasteiger partial charge in [-0.2, -0.15) is 0 Å². The van der Waals surface area contributed by atoms with Gasteiger partial charge in [-0.05, 0) is 31.8 Å². The Morgan fingerprint density at radius 3 is 3.08 bits per heavy atom. The number of hydrogen-bond donors (Lipinski definition) is 2. The van der Waals surface area contributed by atoms with E-state index in [0.717, 1.165) is 14.0 Å². The Morgan fingerprint density at radius 1 is 1.68 bits per heavy atom. The van der Waals surface area contributed by atoms with Crippen LogP contribution in [0.15, 0.2) is 17.0 Å². The molecule has 0 radical (unpaired) electrons. The average molecular weight is 386 g/mol. The van der Waals surface area contributed by atoms with Crippen molar-refractivity contribution in [1.82, 2.24) is 10.2 Å². The van der Waals surface area contributed by atoms with Crippen LogP contribution in [0.2, 0.25) is 0 Å². The van der Waals surface area contributed by atoms with E-state index in [-0.39, 0.29) is 0 Å². The lowest BCUT2D eigenvalue weighted by molar-refractivity contribution is 0.0938. The standard InChI is InChI=1S/C17H27N3O4S/c1-4-20-8-6-7-12(20)11-19-17(21)13-9-16(25(22,23)5-2)14(18)10-15(13)24-3/h9-10,12H,4-8,11,18H2,1-3H3,(H,19,21)/i1D3,4D2,6D2,7D2,8D2,9D,10D,11D2,12D. The highest BCUT2D eigenvalue weighted by Gasteiger charge is 2.25. The minimum atomic E-state index is -4.41. The SMILES string of the molecule is [2H]c1c(N)c(S(=O)(=O)CC)c([2H])c(C(=O)NC([2H])([2H])C2([2H])N(C([2H])([2H])C([2H])([2H])[2H])C([2H])([2H])C([2H])([2H])C2([2H])[2H])c1OC. The minimum absolute atomic E-state index is 0.657. The van der Waals surface area contributed by atoms with Crippen molar-refractivity contribution in [3.05, 3.63) is 17.6 Å². The maximum absolute atomic E-state index is 13.4. The Kier molecular flexibility index (Phi) is 2.28. The molecule has 0 spiro atoms. The van der Waals surface area contributed by atoms with Crippen molar-refractivity contribution in [2.45, 2.75) is 37.4 Å². The number of sulfone groups is 1. The highest BCUT2D eigenvalue weighted by molar-refractivity contribution is 7.91. The fourth-order valence-corrected chi connectivity index (χ4v) is 2.72. The maximum atomic E-state index is 13.4. The van der Waals surface area contributed by atoms with E-state index in [1.807, 2.05) is 0 Å². The van der Waals surface area contributed by atoms with E-state index in [2.05, 4.69) is 0 Å². The van der Waals surface area contributed by atoms with Crippen LogP contribution in [-0.2, 0) is 9.84 Å². The molecule has 1 saturated heterocycles. The second kappa shape index (κ2) is 8.05. The topological polar surface area (TPSA) is 102 Å². The quantitative estimate of drug-likeness (QED) is 0.686. The first-order valence-corrected chi connectivity index (χ1v) is 8.46. The van der Waals surface area contributed by atoms with Gasteiger partial charge in [-0.25, -0.2) is 8.42 Å². The van der Waals surface area contributed by atoms with Crippen molar-refractivity contribution in [2.75, 3.05) is 38.1 Å². The molecule has 3 N–H and O–H groups in total. The number of nitrogens with zero attached hydrogens (tertiary/aromatic N) is 1. The van der Waals surface area contributed by atoms with Crippen molar-refractivity contribution < 1.29 is 39.9 Å². The van der Waals surface area contributed by atoms with Gasteiger partial charge in [0.25, 0.3) is 5.91 Å². The number of ether oxygens (including phenoxy) is 1. The first kappa shape index (κ1) is 7.08. The molecule has 0 aromatic heterocycles. The summed E-state index contributed by atoms with van der Waals surface area (Å²) in [6.07, 6.45) is -8.08. The lowest BCUT2D eigenvalue weighted by Gasteiger charge is -2.23. The molecule has 2 rings (SSSR count). The van der Waals surface area contributed by atoms with E-state index < -0.39 is 105 Å². The molecule has 1 amide bonds. The van der Waals surface area contributed by atoms with Gasteiger partial charge in [0.15, 0.2) is 9.84 Å². The summed E-state index contributed by atoms with van der Waals surface area (Å²) >= 11 is 0. The van der Waals surface area contributed by atoms with Crippen LogP contribution in [0.3, 0.4) is 0 Å². The zero-order chi connectivity index (χ0) is 32.7. The summed E-state index contributed by atoms with van der Waals surface area (Å²) < 4.78 is 159. The zero-order valence-corrected chi connectivity index (χ0v) is 14.1. The van der Waals surface area contributed by atoms with E-state index >= 15 is 0 Å². The molecule has 0 saturated carbocycles. The van der Waals surface area contributed by atoms with Gasteiger partial charge < -0.3 is 15.8 Å². The van der Waals surface area contributed by atoms with Crippen LogP contribution in [0.1, 0.15) is 58.8 Å². The number of hydrogen-bond acceptors (Lipinski definition) is 6. The summed E-state index contributed by atoms with van der Waals surface area (Å²) in [7, 11) is -3.53. The molecule has 1 heterocycles. The molecular weight excluding hydrogens is 342 g/mol. The Morgan fingerprint density at radius 2 is 2.44 bits per heavy atom. The van der Waals surface area contributed by atoms with E-state index in [1.165, 1.54) is 5.32 Å². The van der Waals surface area contributed by atoms with Crippen molar-refractivity contribution in [1.29, 1.82) is 0 Å². The molecule has 1 atom stereocenters. The molecule has 0 bridgehead atoms. The summed E-state index contributed by atoms with van der Waals surface area (Å²) in [5, 5.41) is 1.42. The van der Waals surface area contributed by atoms with Crippen LogP contribution in [0.4, 0.5) is 5.69 Å². The lowest BCUT2D eigenvalue weighted by Crippen LogP contribution is -2.40. The normalized spacial score (nSPS) is 38.3. The number of methoxy groups -OCH3 is 1. The predicted molar refractivity (Wildman–Crippen MR) is 97.7 cm³/mol. The first-order chi connectivity index (χ1) is 18.0. The second-order valence-electron chi connectivity index (χ2n) is 4.54. The molecule has 0 aliphatic carbocycles. The van der Waals surface area contributed by atoms with Gasteiger partial charge in [0.2, 0.25) is 0 Å². The van der Waals surface area contributed by atoms with E-state index in [0.29, 0.717) is 0 Å². The number of carbonyl (C=O) groups excluding carboxylic acids is 1. The number of amides is 1. The Balaban J connectivity index is 2.94. The number of likely N-dealkylation sites (N-methyl/N-ethyl adjacent to an activating group) is 1. The number of carbonyl (C=O) groups is 1. The number of likely N-dealkylation sites (tertiary alicyclic amines) is 1. The third-order valence-electron chi connectivity index (χ3n) is 3.06. The van der Waals surface area contributed by atoms with Crippen LogP contribution < -0.4 is 15.8 Å². The highest BCUT2D eigenvalue weighted by Crippen LogP contribution is 2.29. The number of benzene rings is 1. The summed E-state index contributed by atoms with van der Waals surface area (Å²) in [4.78, 5) is 11.6. The Bertz CT molecular complexity index is 1360. The molecular formula is C17H27N3O4S. The fraction of sp³-hybridized carbons (Fsp3) is 0.588. The smallest absolute Gasteiger partial charge is 0.255 e. The van der Waals surface area contributed by atoms with Crippen LogP contribution in [-0.4, -0.2) is 57.6 Å². The van der Waals surface area contributed by atoms with Gasteiger partial charge in [-0.1, -0.05) is 13.8 Å². The third-order valence-corrected chi connectivity index (χ3v) is 4.76. The van der Waals surface area contributed by atoms with Gasteiger partial charge >= 0.3 is 0 Å². The molecule has 8 heteroatoms. The van der Waals surface area contributed by atoms with Crippen molar-refractivity contribution in [3.63, 3.8) is 0 Å². The van der Waals surface area contributed by atoms with Gasteiger partial charge in [0.1, 0.15) is 5.75 Å². The molecule has 1 aromatic rings. The zero-order valence-electron chi connectivity index (χ0n) is 29.3. The van der Waals surface area contributed by atoms with Crippen LogP contribution in [0.5, 0.6) is 5.75 Å². The van der Waals surface area contributed by atoms with E-state index in [9.17, 15) is 13.2 Å². The maximum Gasteiger partial charge on any atom is 0.255 e. The number of nitrogen functional groups attached to an aromatic ring is 1. The molecule has 1 aliphatic rings. The average Bonchev–Trinajstić information content (AvgIpc) is 2.87. The summed E-state index contributed by atoms with van der Waals surface area (Å²) in [6, 6.07) is -6.35. The fourth-order valence-electron chi connectivity index (χ4n) is 1.79.